The van der Waals surface area contributed by atoms with Gasteiger partial charge < -0.3 is 5.32 Å². The van der Waals surface area contributed by atoms with Crippen LogP contribution in [0.2, 0.25) is 5.02 Å². The molecule has 0 amide bonds. The van der Waals surface area contributed by atoms with Gasteiger partial charge in [0.25, 0.3) is 0 Å². The number of aromatic nitrogens is 3. The molecular weight excluding hydrogens is 360 g/mol. The van der Waals surface area contributed by atoms with Crippen LogP contribution in [-0.2, 0) is 9.84 Å². The molecule has 2 aromatic heterocycles. The third kappa shape index (κ3) is 2.71. The predicted octanol–water partition coefficient (Wildman–Crippen LogP) is 1.94. The number of halogens is 1. The Labute approximate surface area is 140 Å². The standard InChI is InChI=1S/C13H11ClN4O3S2/c1-15-10-9-11(17-13(22-9)23(2,20)21)18(12(19)16-10)8-6-4-3-5-7(8)14/h3-6H,1-2H3,(H,15,16,19). The van der Waals surface area contributed by atoms with E-state index >= 15 is 0 Å². The van der Waals surface area contributed by atoms with Crippen LogP contribution < -0.4 is 11.0 Å². The number of hydrogen-bond acceptors (Lipinski definition) is 7. The van der Waals surface area contributed by atoms with Crippen LogP contribution in [0.1, 0.15) is 0 Å². The average Bonchev–Trinajstić information content (AvgIpc) is 2.93. The summed E-state index contributed by atoms with van der Waals surface area (Å²) in [5, 5.41) is 3.12. The molecule has 0 fully saturated rings. The summed E-state index contributed by atoms with van der Waals surface area (Å²) < 4.78 is 25.2. The molecule has 0 aliphatic carbocycles. The first-order chi connectivity index (χ1) is 10.8. The summed E-state index contributed by atoms with van der Waals surface area (Å²) in [5.74, 6) is 0.278. The lowest BCUT2D eigenvalue weighted by Gasteiger charge is -2.09. The topological polar surface area (TPSA) is 93.9 Å². The fourth-order valence-electron chi connectivity index (χ4n) is 2.06. The largest absolute Gasteiger partial charge is 0.372 e. The van der Waals surface area contributed by atoms with E-state index in [1.165, 1.54) is 4.57 Å². The van der Waals surface area contributed by atoms with E-state index in [2.05, 4.69) is 15.3 Å². The monoisotopic (exact) mass is 370 g/mol. The van der Waals surface area contributed by atoms with Crippen molar-refractivity contribution in [3.63, 3.8) is 0 Å². The van der Waals surface area contributed by atoms with Crippen LogP contribution in [0, 0.1) is 0 Å². The van der Waals surface area contributed by atoms with Gasteiger partial charge in [-0.15, -0.1) is 0 Å². The molecule has 1 aromatic carbocycles. The van der Waals surface area contributed by atoms with Crippen molar-refractivity contribution in [1.29, 1.82) is 0 Å². The number of hydrogen-bond donors (Lipinski definition) is 1. The fraction of sp³-hybridized carbons (Fsp3) is 0.154. The Morgan fingerprint density at radius 2 is 1.96 bits per heavy atom. The van der Waals surface area contributed by atoms with E-state index in [-0.39, 0.29) is 15.8 Å². The van der Waals surface area contributed by atoms with Gasteiger partial charge in [-0.3, -0.25) is 0 Å². The highest BCUT2D eigenvalue weighted by molar-refractivity contribution is 7.92. The quantitative estimate of drug-likeness (QED) is 0.757. The number of nitrogens with zero attached hydrogens (tertiary/aromatic N) is 3. The Kier molecular flexibility index (Phi) is 3.86. The average molecular weight is 371 g/mol. The van der Waals surface area contributed by atoms with Gasteiger partial charge in [-0.2, -0.15) is 4.98 Å². The van der Waals surface area contributed by atoms with Crippen molar-refractivity contribution in [2.75, 3.05) is 18.6 Å². The van der Waals surface area contributed by atoms with Crippen LogP contribution in [-0.4, -0.2) is 36.3 Å². The molecule has 120 valence electrons. The number of para-hydroxylation sites is 1. The van der Waals surface area contributed by atoms with Crippen molar-refractivity contribution in [2.24, 2.45) is 0 Å². The lowest BCUT2D eigenvalue weighted by Crippen LogP contribution is -2.23. The lowest BCUT2D eigenvalue weighted by atomic mass is 10.3. The molecule has 0 saturated heterocycles. The van der Waals surface area contributed by atoms with Crippen molar-refractivity contribution in [3.8, 4) is 5.69 Å². The zero-order valence-corrected chi connectivity index (χ0v) is 14.5. The number of benzene rings is 1. The minimum absolute atomic E-state index is 0.0859. The second-order valence-corrected chi connectivity index (χ2v) is 8.28. The SMILES string of the molecule is CNc1nc(=O)n(-c2ccccc2Cl)c2nc(S(C)(=O)=O)sc12. The molecule has 0 saturated carbocycles. The van der Waals surface area contributed by atoms with Crippen molar-refractivity contribution in [1.82, 2.24) is 14.5 Å². The molecule has 0 unspecified atom stereocenters. The predicted molar refractivity (Wildman–Crippen MR) is 90.7 cm³/mol. The molecule has 3 rings (SSSR count). The van der Waals surface area contributed by atoms with Gasteiger partial charge in [-0.25, -0.2) is 22.8 Å². The van der Waals surface area contributed by atoms with Crippen molar-refractivity contribution >= 4 is 48.9 Å². The molecule has 2 heterocycles. The Bertz CT molecular complexity index is 1070. The minimum atomic E-state index is -3.51. The maximum Gasteiger partial charge on any atom is 0.355 e. The lowest BCUT2D eigenvalue weighted by molar-refractivity contribution is 0.601. The minimum Gasteiger partial charge on any atom is -0.372 e. The second-order valence-electron chi connectivity index (χ2n) is 4.68. The molecule has 3 aromatic rings. The molecule has 0 spiro atoms. The van der Waals surface area contributed by atoms with Crippen LogP contribution in [0.15, 0.2) is 33.4 Å². The van der Waals surface area contributed by atoms with Crippen LogP contribution in [0.25, 0.3) is 16.0 Å². The maximum absolute atomic E-state index is 12.4. The molecule has 0 atom stereocenters. The summed E-state index contributed by atoms with van der Waals surface area (Å²) in [5.41, 5.74) is -0.00199. The number of nitrogens with one attached hydrogen (secondary N) is 1. The second kappa shape index (κ2) is 5.59. The van der Waals surface area contributed by atoms with Gasteiger partial charge in [0.1, 0.15) is 4.70 Å². The normalized spacial score (nSPS) is 11.8. The van der Waals surface area contributed by atoms with E-state index in [1.54, 1.807) is 31.3 Å². The van der Waals surface area contributed by atoms with E-state index in [1.807, 2.05) is 0 Å². The number of sulfone groups is 1. The van der Waals surface area contributed by atoms with Gasteiger partial charge in [-0.05, 0) is 12.1 Å². The highest BCUT2D eigenvalue weighted by atomic mass is 35.5. The first kappa shape index (κ1) is 15.9. The van der Waals surface area contributed by atoms with Gasteiger partial charge in [0.15, 0.2) is 11.5 Å². The summed E-state index contributed by atoms with van der Waals surface area (Å²) in [4.78, 5) is 20.5. The highest BCUT2D eigenvalue weighted by Crippen LogP contribution is 2.31. The fourth-order valence-corrected chi connectivity index (χ4v) is 4.17. The smallest absolute Gasteiger partial charge is 0.355 e. The Morgan fingerprint density at radius 3 is 2.57 bits per heavy atom. The summed E-state index contributed by atoms with van der Waals surface area (Å²) in [7, 11) is -1.91. The van der Waals surface area contributed by atoms with Crippen LogP contribution >= 0.6 is 22.9 Å². The first-order valence-electron chi connectivity index (χ1n) is 6.39. The van der Waals surface area contributed by atoms with Crippen LogP contribution in [0.3, 0.4) is 0 Å². The summed E-state index contributed by atoms with van der Waals surface area (Å²) >= 11 is 7.11. The van der Waals surface area contributed by atoms with Gasteiger partial charge >= 0.3 is 5.69 Å². The number of rotatable bonds is 3. The van der Waals surface area contributed by atoms with Gasteiger partial charge in [0, 0.05) is 13.3 Å². The van der Waals surface area contributed by atoms with Crippen molar-refractivity contribution in [3.05, 3.63) is 39.8 Å². The molecule has 10 heteroatoms. The molecule has 23 heavy (non-hydrogen) atoms. The number of thiazole rings is 1. The molecular formula is C13H11ClN4O3S2. The Hall–Kier alpha value is -1.97. The van der Waals surface area contributed by atoms with E-state index < -0.39 is 15.5 Å². The molecule has 0 bridgehead atoms. The first-order valence-corrected chi connectivity index (χ1v) is 9.48. The molecule has 0 radical (unpaired) electrons. The Balaban J connectivity index is 2.48. The van der Waals surface area contributed by atoms with Crippen LogP contribution in [0.5, 0.6) is 0 Å². The van der Waals surface area contributed by atoms with Crippen molar-refractivity contribution in [2.45, 2.75) is 4.34 Å². The summed E-state index contributed by atoms with van der Waals surface area (Å²) in [6.07, 6.45) is 1.06. The Morgan fingerprint density at radius 1 is 1.26 bits per heavy atom. The number of fused-ring (bicyclic) bond motifs is 1. The third-order valence-corrected chi connectivity index (χ3v) is 6.11. The maximum atomic E-state index is 12.4. The molecule has 0 aliphatic rings. The zero-order chi connectivity index (χ0) is 16.8. The summed E-state index contributed by atoms with van der Waals surface area (Å²) in [6, 6.07) is 6.72. The van der Waals surface area contributed by atoms with Gasteiger partial charge in [0.2, 0.25) is 14.2 Å². The van der Waals surface area contributed by atoms with E-state index in [4.69, 9.17) is 11.6 Å². The molecule has 0 aliphatic heterocycles. The van der Waals surface area contributed by atoms with Gasteiger partial charge in [0.05, 0.1) is 10.7 Å². The molecule has 1 N–H and O–H groups in total. The number of anilines is 1. The summed E-state index contributed by atoms with van der Waals surface area (Å²) in [6.45, 7) is 0. The highest BCUT2D eigenvalue weighted by Gasteiger charge is 2.21. The van der Waals surface area contributed by atoms with Crippen LogP contribution in [0.4, 0.5) is 5.82 Å². The zero-order valence-electron chi connectivity index (χ0n) is 12.1. The van der Waals surface area contributed by atoms with Gasteiger partial charge in [-0.1, -0.05) is 35.1 Å². The van der Waals surface area contributed by atoms with E-state index in [9.17, 15) is 13.2 Å². The van der Waals surface area contributed by atoms with E-state index in [0.717, 1.165) is 17.6 Å². The third-order valence-electron chi connectivity index (χ3n) is 3.06. The molecule has 7 nitrogen and oxygen atoms in total. The van der Waals surface area contributed by atoms with E-state index in [0.29, 0.717) is 15.4 Å². The van der Waals surface area contributed by atoms with Crippen molar-refractivity contribution < 1.29 is 8.42 Å².